The van der Waals surface area contributed by atoms with E-state index in [1.54, 1.807) is 28.8 Å². The summed E-state index contributed by atoms with van der Waals surface area (Å²) in [6.45, 7) is 8.13. The summed E-state index contributed by atoms with van der Waals surface area (Å²) in [5, 5.41) is 18.7. The van der Waals surface area contributed by atoms with Crippen LogP contribution < -0.4 is 15.4 Å². The molecule has 9 heteroatoms. The summed E-state index contributed by atoms with van der Waals surface area (Å²) >= 11 is 1.62. The fraction of sp³-hybridized carbons (Fsp3) is 0.441. The van der Waals surface area contributed by atoms with Crippen LogP contribution in [0.5, 0.6) is 5.75 Å². The van der Waals surface area contributed by atoms with Crippen LogP contribution in [0.25, 0.3) is 10.8 Å². The Balaban J connectivity index is 1.35. The number of hydrogen-bond donors (Lipinski definition) is 3. The van der Waals surface area contributed by atoms with Gasteiger partial charge in [0.25, 0.3) is 0 Å². The second-order valence-electron chi connectivity index (χ2n) is 12.5. The Morgan fingerprint density at radius 3 is 2.35 bits per heavy atom. The molecule has 2 unspecified atom stereocenters. The number of anilines is 2. The topological polar surface area (TPSA) is 108 Å². The summed E-state index contributed by atoms with van der Waals surface area (Å²) in [7, 11) is 0. The predicted molar refractivity (Wildman–Crippen MR) is 170 cm³/mol. The Morgan fingerprint density at radius 1 is 1.00 bits per heavy atom. The Morgan fingerprint density at radius 2 is 1.67 bits per heavy atom. The number of nitrogens with zero attached hydrogens (tertiary/aromatic N) is 1. The van der Waals surface area contributed by atoms with Crippen molar-refractivity contribution in [2.24, 2.45) is 17.8 Å². The number of thioether (sulfide) groups is 1. The second kappa shape index (κ2) is 11.2. The zero-order chi connectivity index (χ0) is 30.5. The van der Waals surface area contributed by atoms with Crippen LogP contribution in [0.2, 0.25) is 0 Å². The smallest absolute Gasteiger partial charge is 0.248 e. The summed E-state index contributed by atoms with van der Waals surface area (Å²) in [4.78, 5) is 44.4. The van der Waals surface area contributed by atoms with E-state index in [-0.39, 0.29) is 30.2 Å². The Kier molecular flexibility index (Phi) is 7.67. The zero-order valence-electron chi connectivity index (χ0n) is 25.0. The number of aliphatic hydroxyl groups excluding tert-OH is 1. The van der Waals surface area contributed by atoms with Gasteiger partial charge in [-0.05, 0) is 79.8 Å². The van der Waals surface area contributed by atoms with Gasteiger partial charge in [0.05, 0.1) is 35.8 Å². The molecule has 3 aliphatic rings. The summed E-state index contributed by atoms with van der Waals surface area (Å²) in [5.74, 6) is -1.41. The molecule has 0 radical (unpaired) electrons. The van der Waals surface area contributed by atoms with Crippen molar-refractivity contribution in [3.8, 4) is 5.75 Å². The molecule has 226 valence electrons. The molecule has 8 nitrogen and oxygen atoms in total. The molecule has 2 bridgehead atoms. The molecule has 43 heavy (non-hydrogen) atoms. The number of amides is 3. The highest BCUT2D eigenvalue weighted by Gasteiger charge is 2.77. The number of fused-ring (bicyclic) bond motifs is 2. The van der Waals surface area contributed by atoms with Crippen LogP contribution in [0.3, 0.4) is 0 Å². The number of nitrogens with one attached hydrogen (secondary N) is 2. The van der Waals surface area contributed by atoms with Crippen molar-refractivity contribution in [2.75, 3.05) is 23.8 Å². The summed E-state index contributed by atoms with van der Waals surface area (Å²) in [6.07, 6.45) is 1.35. The van der Waals surface area contributed by atoms with Gasteiger partial charge in [-0.3, -0.25) is 14.4 Å². The van der Waals surface area contributed by atoms with Gasteiger partial charge in [0.1, 0.15) is 11.8 Å². The Labute approximate surface area is 256 Å². The van der Waals surface area contributed by atoms with Gasteiger partial charge < -0.3 is 25.4 Å². The molecule has 0 saturated carbocycles. The molecular weight excluding hydrogens is 562 g/mol. The van der Waals surface area contributed by atoms with Crippen LogP contribution >= 0.6 is 11.8 Å². The van der Waals surface area contributed by atoms with Crippen LogP contribution in [0.1, 0.15) is 40.5 Å². The van der Waals surface area contributed by atoms with Gasteiger partial charge in [-0.15, -0.1) is 11.8 Å². The van der Waals surface area contributed by atoms with Crippen molar-refractivity contribution in [1.82, 2.24) is 4.90 Å². The third-order valence-electron chi connectivity index (χ3n) is 9.51. The highest BCUT2D eigenvalue weighted by molar-refractivity contribution is 8.02. The zero-order valence-corrected chi connectivity index (χ0v) is 25.8. The molecule has 6 rings (SSSR count). The van der Waals surface area contributed by atoms with E-state index in [0.717, 1.165) is 10.8 Å². The average molecular weight is 602 g/mol. The van der Waals surface area contributed by atoms with Crippen molar-refractivity contribution in [2.45, 2.75) is 62.1 Å². The van der Waals surface area contributed by atoms with E-state index >= 15 is 0 Å². The number of hydrogen-bond acceptors (Lipinski definition) is 6. The lowest BCUT2D eigenvalue weighted by Gasteiger charge is -2.38. The highest BCUT2D eigenvalue weighted by Crippen LogP contribution is 2.71. The third-order valence-corrected chi connectivity index (χ3v) is 11.5. The second-order valence-corrected chi connectivity index (χ2v) is 14.4. The molecule has 3 saturated heterocycles. The fourth-order valence-electron chi connectivity index (χ4n) is 7.54. The first kappa shape index (κ1) is 29.5. The number of rotatable bonds is 9. The molecule has 3 amide bonds. The van der Waals surface area contributed by atoms with Crippen molar-refractivity contribution in [3.63, 3.8) is 0 Å². The predicted octanol–water partition coefficient (Wildman–Crippen LogP) is 5.31. The van der Waals surface area contributed by atoms with E-state index in [1.807, 2.05) is 75.4 Å². The first-order valence-corrected chi connectivity index (χ1v) is 15.9. The summed E-state index contributed by atoms with van der Waals surface area (Å²) < 4.78 is 4.24. The van der Waals surface area contributed by atoms with Crippen LogP contribution in [-0.4, -0.2) is 62.5 Å². The lowest BCUT2D eigenvalue weighted by molar-refractivity contribution is -0.142. The van der Waals surface area contributed by atoms with E-state index in [2.05, 4.69) is 17.6 Å². The monoisotopic (exact) mass is 601 g/mol. The number of ether oxygens (including phenoxy) is 1. The summed E-state index contributed by atoms with van der Waals surface area (Å²) in [5.41, 5.74) is 1.27. The van der Waals surface area contributed by atoms with Crippen LogP contribution in [0.15, 0.2) is 66.7 Å². The Bertz CT molecular complexity index is 1560. The van der Waals surface area contributed by atoms with Crippen LogP contribution in [0, 0.1) is 17.8 Å². The van der Waals surface area contributed by atoms with Gasteiger partial charge in [-0.25, -0.2) is 0 Å². The number of likely N-dealkylation sites (tertiary alicyclic amines) is 1. The molecule has 0 aromatic heterocycles. The van der Waals surface area contributed by atoms with Crippen LogP contribution in [-0.2, 0) is 14.4 Å². The SMILES string of the molecule is CCOc1ccc(NC(=O)[C@H]2[C@H]3C(=O)N([C@@H](CO)C(C)C)C(C(=O)Nc4ccc5ccccc5c4)C34CC[C@]2(C)S4)cc1. The van der Waals surface area contributed by atoms with Gasteiger partial charge in [0.2, 0.25) is 17.7 Å². The molecule has 3 aliphatic heterocycles. The molecule has 6 atom stereocenters. The molecule has 3 N–H and O–H groups in total. The van der Waals surface area contributed by atoms with Crippen molar-refractivity contribution < 1.29 is 24.2 Å². The number of aliphatic hydroxyl groups is 1. The lowest BCUT2D eigenvalue weighted by atomic mass is 9.66. The maximum absolute atomic E-state index is 14.5. The normalized spacial score (nSPS) is 28.3. The van der Waals surface area contributed by atoms with Crippen molar-refractivity contribution in [1.29, 1.82) is 0 Å². The third kappa shape index (κ3) is 4.86. The molecule has 0 aliphatic carbocycles. The molecule has 3 heterocycles. The quantitative estimate of drug-likeness (QED) is 0.307. The minimum atomic E-state index is -0.828. The van der Waals surface area contributed by atoms with E-state index in [9.17, 15) is 19.5 Å². The van der Waals surface area contributed by atoms with Gasteiger partial charge in [-0.2, -0.15) is 0 Å². The maximum atomic E-state index is 14.5. The molecule has 3 aromatic carbocycles. The number of carbonyl (C=O) groups excluding carboxylic acids is 3. The number of benzene rings is 3. The van der Waals surface area contributed by atoms with Gasteiger partial charge >= 0.3 is 0 Å². The molecule has 3 aromatic rings. The first-order valence-electron chi connectivity index (χ1n) is 15.1. The molecule has 3 fully saturated rings. The molecular formula is C34H39N3O5S. The summed E-state index contributed by atoms with van der Waals surface area (Å²) in [6, 6.07) is 19.5. The van der Waals surface area contributed by atoms with Gasteiger partial charge in [-0.1, -0.05) is 44.2 Å². The standard InChI is InChI=1S/C34H39N3O5S/c1-5-42-25-14-12-23(13-15-25)35-30(39)27-28-32(41)37(26(19-38)20(2)3)29(34(28)17-16-33(27,4)43-34)31(40)36-24-11-10-21-8-6-7-9-22(21)18-24/h6-15,18,20,26-29,38H,5,16-17,19H2,1-4H3,(H,35,39)(H,36,40)/t26-,27+,28-,29?,33-,34?/m0/s1. The van der Waals surface area contributed by atoms with E-state index < -0.39 is 33.4 Å². The van der Waals surface area contributed by atoms with Gasteiger partial charge in [0, 0.05) is 16.1 Å². The highest BCUT2D eigenvalue weighted by atomic mass is 32.2. The van der Waals surface area contributed by atoms with Gasteiger partial charge in [0.15, 0.2) is 0 Å². The average Bonchev–Trinajstić information content (AvgIpc) is 3.55. The maximum Gasteiger partial charge on any atom is 0.248 e. The minimum Gasteiger partial charge on any atom is -0.494 e. The number of carbonyl (C=O) groups is 3. The minimum absolute atomic E-state index is 0.0888. The van der Waals surface area contributed by atoms with E-state index in [1.165, 1.54) is 0 Å². The molecule has 1 spiro atoms. The Hall–Kier alpha value is -3.56. The van der Waals surface area contributed by atoms with E-state index in [0.29, 0.717) is 36.6 Å². The first-order chi connectivity index (χ1) is 20.6. The van der Waals surface area contributed by atoms with Crippen molar-refractivity contribution >= 4 is 51.6 Å². The largest absolute Gasteiger partial charge is 0.494 e. The lowest BCUT2D eigenvalue weighted by Crippen LogP contribution is -2.56. The fourth-order valence-corrected chi connectivity index (χ4v) is 9.88. The van der Waals surface area contributed by atoms with Crippen molar-refractivity contribution in [3.05, 3.63) is 66.7 Å². The van der Waals surface area contributed by atoms with Crippen LogP contribution in [0.4, 0.5) is 11.4 Å². The van der Waals surface area contributed by atoms with E-state index in [4.69, 9.17) is 4.74 Å².